The molecule has 1 aromatic rings. The number of rotatable bonds is 6. The van der Waals surface area contributed by atoms with Crippen LogP contribution in [0.1, 0.15) is 27.2 Å². The van der Waals surface area contributed by atoms with Crippen molar-refractivity contribution in [2.75, 3.05) is 11.9 Å². The monoisotopic (exact) mass is 449 g/mol. The number of benzene rings is 1. The number of carbonyl (C=O) groups is 4. The maximum absolute atomic E-state index is 12.2. The van der Waals surface area contributed by atoms with Crippen LogP contribution in [0.3, 0.4) is 0 Å². The van der Waals surface area contributed by atoms with Crippen molar-refractivity contribution in [1.82, 2.24) is 10.2 Å². The van der Waals surface area contributed by atoms with Gasteiger partial charge in [-0.05, 0) is 32.9 Å². The van der Waals surface area contributed by atoms with Crippen LogP contribution < -0.4 is 10.6 Å². The zero-order valence-electron chi connectivity index (χ0n) is 15.3. The summed E-state index contributed by atoms with van der Waals surface area (Å²) in [4.78, 5) is 48.9. The minimum atomic E-state index is -1.14. The van der Waals surface area contributed by atoms with Gasteiger partial charge in [0.05, 0.1) is 27.2 Å². The molecule has 0 aromatic heterocycles. The standard InChI is InChI=1S/C17H18Cl3N3O5/c1-8(14(25)21-12-7-10(19)9(18)6-11(12)20)28-13(24)4-5-23-15(26)17(2,3)22-16(23)27/h6-8H,4-5H2,1-3H3,(H,21,25)(H,22,27). The van der Waals surface area contributed by atoms with Gasteiger partial charge in [-0.25, -0.2) is 4.79 Å². The Morgan fingerprint density at radius 3 is 2.36 bits per heavy atom. The maximum Gasteiger partial charge on any atom is 0.325 e. The molecular formula is C17H18Cl3N3O5. The second kappa shape index (κ2) is 8.55. The summed E-state index contributed by atoms with van der Waals surface area (Å²) in [5.74, 6) is -1.82. The summed E-state index contributed by atoms with van der Waals surface area (Å²) in [6.07, 6.45) is -1.39. The van der Waals surface area contributed by atoms with Crippen LogP contribution in [0.2, 0.25) is 15.1 Å². The van der Waals surface area contributed by atoms with Gasteiger partial charge in [0.25, 0.3) is 11.8 Å². The number of nitrogens with one attached hydrogen (secondary N) is 2. The SMILES string of the molecule is CC(OC(=O)CCN1C(=O)NC(C)(C)C1=O)C(=O)Nc1cc(Cl)c(Cl)cc1Cl. The van der Waals surface area contributed by atoms with Gasteiger partial charge in [0.15, 0.2) is 6.10 Å². The lowest BCUT2D eigenvalue weighted by Gasteiger charge is -2.17. The molecule has 0 saturated carbocycles. The highest BCUT2D eigenvalue weighted by molar-refractivity contribution is 6.44. The predicted molar refractivity (Wildman–Crippen MR) is 105 cm³/mol. The van der Waals surface area contributed by atoms with Gasteiger partial charge < -0.3 is 15.4 Å². The molecule has 2 rings (SSSR count). The van der Waals surface area contributed by atoms with Crippen molar-refractivity contribution in [3.63, 3.8) is 0 Å². The Kier molecular flexibility index (Phi) is 6.80. The third-order valence-corrected chi connectivity index (χ3v) is 4.96. The Labute approximate surface area is 176 Å². The van der Waals surface area contributed by atoms with Crippen LogP contribution in [0.4, 0.5) is 10.5 Å². The summed E-state index contributed by atoms with van der Waals surface area (Å²) in [7, 11) is 0. The molecule has 0 bridgehead atoms. The third-order valence-electron chi connectivity index (χ3n) is 3.93. The number of urea groups is 1. The number of anilines is 1. The second-order valence-corrected chi connectivity index (χ2v) is 7.85. The Bertz CT molecular complexity index is 844. The molecule has 2 N–H and O–H groups in total. The molecular weight excluding hydrogens is 433 g/mol. The molecule has 0 aliphatic carbocycles. The van der Waals surface area contributed by atoms with Crippen LogP contribution >= 0.6 is 34.8 Å². The van der Waals surface area contributed by atoms with Crippen molar-refractivity contribution < 1.29 is 23.9 Å². The highest BCUT2D eigenvalue weighted by Crippen LogP contribution is 2.32. The highest BCUT2D eigenvalue weighted by atomic mass is 35.5. The molecule has 1 unspecified atom stereocenters. The van der Waals surface area contributed by atoms with Gasteiger partial charge in [-0.15, -0.1) is 0 Å². The maximum atomic E-state index is 12.2. The van der Waals surface area contributed by atoms with Crippen LogP contribution in [0.25, 0.3) is 0 Å². The molecule has 1 aliphatic heterocycles. The van der Waals surface area contributed by atoms with Gasteiger partial charge in [0.1, 0.15) is 5.54 Å². The fourth-order valence-corrected chi connectivity index (χ4v) is 2.98. The molecule has 4 amide bonds. The Hall–Kier alpha value is -2.03. The average molecular weight is 451 g/mol. The number of hydrogen-bond donors (Lipinski definition) is 2. The number of esters is 1. The van der Waals surface area contributed by atoms with Crippen LogP contribution in [0, 0.1) is 0 Å². The van der Waals surface area contributed by atoms with Crippen molar-refractivity contribution in [1.29, 1.82) is 0 Å². The molecule has 152 valence electrons. The van der Waals surface area contributed by atoms with E-state index in [1.165, 1.54) is 19.1 Å². The fourth-order valence-electron chi connectivity index (χ4n) is 2.39. The van der Waals surface area contributed by atoms with Gasteiger partial charge in [0, 0.05) is 6.54 Å². The van der Waals surface area contributed by atoms with E-state index in [1.54, 1.807) is 13.8 Å². The number of nitrogens with zero attached hydrogens (tertiary/aromatic N) is 1. The molecule has 0 radical (unpaired) electrons. The van der Waals surface area contributed by atoms with E-state index in [-0.39, 0.29) is 33.7 Å². The zero-order valence-corrected chi connectivity index (χ0v) is 17.5. The summed E-state index contributed by atoms with van der Waals surface area (Å²) in [5.41, 5.74) is -0.807. The molecule has 1 saturated heterocycles. The summed E-state index contributed by atoms with van der Waals surface area (Å²) < 4.78 is 5.04. The minimum absolute atomic E-state index is 0.153. The van der Waals surface area contributed by atoms with E-state index in [9.17, 15) is 19.2 Å². The first-order valence-electron chi connectivity index (χ1n) is 8.21. The van der Waals surface area contributed by atoms with Gasteiger partial charge in [0.2, 0.25) is 0 Å². The summed E-state index contributed by atoms with van der Waals surface area (Å²) in [5, 5.41) is 5.59. The van der Waals surface area contributed by atoms with Crippen molar-refractivity contribution >= 4 is 64.3 Å². The van der Waals surface area contributed by atoms with Crippen molar-refractivity contribution in [2.45, 2.75) is 38.8 Å². The first kappa shape index (κ1) is 22.3. The quantitative estimate of drug-likeness (QED) is 0.393. The van der Waals surface area contributed by atoms with Crippen molar-refractivity contribution in [2.24, 2.45) is 0 Å². The lowest BCUT2D eigenvalue weighted by atomic mass is 10.1. The van der Waals surface area contributed by atoms with Gasteiger partial charge in [-0.1, -0.05) is 34.8 Å². The number of hydrogen-bond acceptors (Lipinski definition) is 5. The summed E-state index contributed by atoms with van der Waals surface area (Å²) in [6, 6.07) is 2.16. The average Bonchev–Trinajstić information content (AvgIpc) is 2.78. The smallest absolute Gasteiger partial charge is 0.325 e. The Balaban J connectivity index is 1.88. The molecule has 11 heteroatoms. The van der Waals surface area contributed by atoms with Gasteiger partial charge in [-0.2, -0.15) is 0 Å². The van der Waals surface area contributed by atoms with E-state index in [0.717, 1.165) is 4.90 Å². The molecule has 1 aromatic carbocycles. The number of amides is 4. The molecule has 1 fully saturated rings. The molecule has 1 atom stereocenters. The zero-order chi connectivity index (χ0) is 21.2. The molecule has 28 heavy (non-hydrogen) atoms. The fraction of sp³-hybridized carbons (Fsp3) is 0.412. The highest BCUT2D eigenvalue weighted by Gasteiger charge is 2.44. The summed E-state index contributed by atoms with van der Waals surface area (Å²) >= 11 is 17.7. The molecule has 0 spiro atoms. The van der Waals surface area contributed by atoms with Crippen molar-refractivity contribution in [3.8, 4) is 0 Å². The van der Waals surface area contributed by atoms with Gasteiger partial charge >= 0.3 is 12.0 Å². The Morgan fingerprint density at radius 1 is 1.18 bits per heavy atom. The largest absolute Gasteiger partial charge is 0.452 e. The van der Waals surface area contributed by atoms with Crippen LogP contribution in [-0.2, 0) is 19.1 Å². The molecule has 1 aliphatic rings. The number of carbonyl (C=O) groups excluding carboxylic acids is 4. The Morgan fingerprint density at radius 2 is 1.79 bits per heavy atom. The van der Waals surface area contributed by atoms with Crippen LogP contribution in [-0.4, -0.2) is 46.9 Å². The van der Waals surface area contributed by atoms with E-state index >= 15 is 0 Å². The first-order chi connectivity index (χ1) is 12.9. The molecule has 8 nitrogen and oxygen atoms in total. The van der Waals surface area contributed by atoms with Crippen LogP contribution in [0.5, 0.6) is 0 Å². The minimum Gasteiger partial charge on any atom is -0.452 e. The van der Waals surface area contributed by atoms with Gasteiger partial charge in [-0.3, -0.25) is 19.3 Å². The number of ether oxygens (including phenoxy) is 1. The lowest BCUT2D eigenvalue weighted by Crippen LogP contribution is -2.40. The lowest BCUT2D eigenvalue weighted by molar-refractivity contribution is -0.153. The summed E-state index contributed by atoms with van der Waals surface area (Å²) in [6.45, 7) is 4.34. The van der Waals surface area contributed by atoms with E-state index in [0.29, 0.717) is 0 Å². The third kappa shape index (κ3) is 5.06. The van der Waals surface area contributed by atoms with E-state index in [4.69, 9.17) is 39.5 Å². The predicted octanol–water partition coefficient (Wildman–Crippen LogP) is 3.24. The number of imide groups is 1. The van der Waals surface area contributed by atoms with Crippen molar-refractivity contribution in [3.05, 3.63) is 27.2 Å². The van der Waals surface area contributed by atoms with E-state index < -0.39 is 35.5 Å². The first-order valence-corrected chi connectivity index (χ1v) is 9.34. The topological polar surface area (TPSA) is 105 Å². The van der Waals surface area contributed by atoms with E-state index in [2.05, 4.69) is 10.6 Å². The normalized spacial score (nSPS) is 16.6. The van der Waals surface area contributed by atoms with E-state index in [1.807, 2.05) is 0 Å². The molecule has 1 heterocycles. The van der Waals surface area contributed by atoms with Crippen LogP contribution in [0.15, 0.2) is 12.1 Å². The number of halogens is 3. The second-order valence-electron chi connectivity index (χ2n) is 6.63.